The number of furan rings is 1. The first-order valence-corrected chi connectivity index (χ1v) is 11.3. The molecule has 0 saturated carbocycles. The molecule has 0 bridgehead atoms. The minimum absolute atomic E-state index is 0.0234. The van der Waals surface area contributed by atoms with Gasteiger partial charge in [0.15, 0.2) is 5.78 Å². The lowest BCUT2D eigenvalue weighted by Gasteiger charge is -2.37. The molecule has 0 unspecified atom stereocenters. The van der Waals surface area contributed by atoms with Gasteiger partial charge in [0.2, 0.25) is 0 Å². The number of rotatable bonds is 3. The monoisotopic (exact) mass is 459 g/mol. The smallest absolute Gasteiger partial charge is 0.323 e. The fourth-order valence-electron chi connectivity index (χ4n) is 4.83. The van der Waals surface area contributed by atoms with E-state index in [0.29, 0.717) is 35.4 Å². The molecule has 3 aromatic rings. The molecule has 7 heteroatoms. The van der Waals surface area contributed by atoms with Crippen molar-refractivity contribution in [3.63, 3.8) is 0 Å². The fourth-order valence-corrected chi connectivity index (χ4v) is 4.83. The fraction of sp³-hybridized carbons (Fsp3) is 0.259. The first-order valence-electron chi connectivity index (χ1n) is 11.3. The van der Waals surface area contributed by atoms with Gasteiger partial charge in [-0.05, 0) is 53.8 Å². The molecule has 6 nitrogen and oxygen atoms in total. The van der Waals surface area contributed by atoms with E-state index in [9.17, 15) is 14.0 Å². The highest BCUT2D eigenvalue weighted by Gasteiger charge is 2.43. The summed E-state index contributed by atoms with van der Waals surface area (Å²) < 4.78 is 19.2. The summed E-state index contributed by atoms with van der Waals surface area (Å²) >= 11 is 0. The van der Waals surface area contributed by atoms with Crippen LogP contribution in [0.5, 0.6) is 0 Å². The molecule has 2 amide bonds. The van der Waals surface area contributed by atoms with Gasteiger partial charge in [-0.3, -0.25) is 9.69 Å². The minimum atomic E-state index is -0.716. The van der Waals surface area contributed by atoms with Crippen LogP contribution in [-0.2, 0) is 11.3 Å². The number of amides is 2. The van der Waals surface area contributed by atoms with Crippen LogP contribution in [0, 0.1) is 11.2 Å². The average Bonchev–Trinajstić information content (AvgIpc) is 3.26. The molecule has 34 heavy (non-hydrogen) atoms. The first kappa shape index (κ1) is 21.9. The van der Waals surface area contributed by atoms with Crippen LogP contribution in [0.2, 0.25) is 0 Å². The second-order valence-corrected chi connectivity index (χ2v) is 9.54. The van der Waals surface area contributed by atoms with Crippen LogP contribution in [0.15, 0.2) is 82.6 Å². The van der Waals surface area contributed by atoms with E-state index in [4.69, 9.17) is 4.42 Å². The Labute approximate surface area is 197 Å². The van der Waals surface area contributed by atoms with Crippen molar-refractivity contribution >= 4 is 23.2 Å². The Hall–Kier alpha value is -3.87. The van der Waals surface area contributed by atoms with E-state index in [1.54, 1.807) is 35.4 Å². The highest BCUT2D eigenvalue weighted by Crippen LogP contribution is 2.48. The molecule has 174 valence electrons. The topological polar surface area (TPSA) is 74.6 Å². The van der Waals surface area contributed by atoms with Crippen LogP contribution < -0.4 is 15.5 Å². The number of urea groups is 1. The number of carbonyl (C=O) groups excluding carboxylic acids is 2. The molecule has 0 radical (unpaired) electrons. The SMILES string of the molecule is CC1(C)CC(=O)C2=C(C1)Nc1ccccc1N(C(=O)NCc1ccco1)[C@H]2c1ccc(F)cc1. The van der Waals surface area contributed by atoms with Gasteiger partial charge in [-0.25, -0.2) is 9.18 Å². The van der Waals surface area contributed by atoms with Gasteiger partial charge in [0.05, 0.1) is 30.2 Å². The molecular formula is C27H26FN3O3. The van der Waals surface area contributed by atoms with Crippen LogP contribution in [0.3, 0.4) is 0 Å². The average molecular weight is 460 g/mol. The van der Waals surface area contributed by atoms with Gasteiger partial charge in [0, 0.05) is 17.7 Å². The molecule has 1 aliphatic heterocycles. The number of nitrogens with one attached hydrogen (secondary N) is 2. The summed E-state index contributed by atoms with van der Waals surface area (Å²) in [6.45, 7) is 4.32. The molecular weight excluding hydrogens is 433 g/mol. The van der Waals surface area contributed by atoms with Gasteiger partial charge in [-0.1, -0.05) is 38.1 Å². The molecule has 2 aromatic carbocycles. The Bertz CT molecular complexity index is 1260. The van der Waals surface area contributed by atoms with Gasteiger partial charge < -0.3 is 15.1 Å². The van der Waals surface area contributed by atoms with E-state index < -0.39 is 6.04 Å². The number of benzene rings is 2. The van der Waals surface area contributed by atoms with Crippen molar-refractivity contribution in [3.8, 4) is 0 Å². The number of fused-ring (bicyclic) bond motifs is 1. The second kappa shape index (κ2) is 8.48. The van der Waals surface area contributed by atoms with Crippen molar-refractivity contribution in [1.82, 2.24) is 5.32 Å². The highest BCUT2D eigenvalue weighted by atomic mass is 19.1. The third-order valence-electron chi connectivity index (χ3n) is 6.30. The zero-order valence-electron chi connectivity index (χ0n) is 19.1. The lowest BCUT2D eigenvalue weighted by Crippen LogP contribution is -2.44. The van der Waals surface area contributed by atoms with E-state index in [0.717, 1.165) is 11.4 Å². The summed E-state index contributed by atoms with van der Waals surface area (Å²) in [6.07, 6.45) is 2.57. The van der Waals surface area contributed by atoms with Crippen LogP contribution in [0.1, 0.15) is 44.1 Å². The maximum absolute atomic E-state index is 13.8. The number of allylic oxidation sites excluding steroid dienone is 1. The Morgan fingerprint density at radius 3 is 2.62 bits per heavy atom. The summed E-state index contributed by atoms with van der Waals surface area (Å²) in [5.41, 5.74) is 3.14. The number of halogens is 1. The number of anilines is 2. The van der Waals surface area contributed by atoms with Crippen molar-refractivity contribution < 1.29 is 18.4 Å². The molecule has 0 spiro atoms. The molecule has 2 heterocycles. The molecule has 5 rings (SSSR count). The standard InChI is InChI=1S/C27H26FN3O3/c1-27(2)14-21-24(23(32)15-27)25(17-9-11-18(28)12-10-17)31(22-8-4-3-7-20(22)30-21)26(33)29-16-19-6-5-13-34-19/h3-13,25,30H,14-16H2,1-2H3,(H,29,33)/t25-/m0/s1. The lowest BCUT2D eigenvalue weighted by atomic mass is 9.73. The Morgan fingerprint density at radius 2 is 1.88 bits per heavy atom. The summed E-state index contributed by atoms with van der Waals surface area (Å²) in [5.74, 6) is 0.211. The van der Waals surface area contributed by atoms with Crippen LogP contribution in [-0.4, -0.2) is 11.8 Å². The number of hydrogen-bond donors (Lipinski definition) is 2. The first-order chi connectivity index (χ1) is 16.3. The summed E-state index contributed by atoms with van der Waals surface area (Å²) in [7, 11) is 0. The van der Waals surface area contributed by atoms with Gasteiger partial charge in [0.1, 0.15) is 11.6 Å². The zero-order chi connectivity index (χ0) is 23.9. The molecule has 1 aliphatic carbocycles. The summed E-state index contributed by atoms with van der Waals surface area (Å²) in [5, 5.41) is 6.38. The third-order valence-corrected chi connectivity index (χ3v) is 6.30. The van der Waals surface area contributed by atoms with E-state index >= 15 is 0 Å². The van der Waals surface area contributed by atoms with Gasteiger partial charge in [0.25, 0.3) is 0 Å². The molecule has 0 fully saturated rings. The Balaban J connectivity index is 1.67. The largest absolute Gasteiger partial charge is 0.467 e. The predicted molar refractivity (Wildman–Crippen MR) is 128 cm³/mol. The minimum Gasteiger partial charge on any atom is -0.467 e. The van der Waals surface area contributed by atoms with Crippen molar-refractivity contribution in [1.29, 1.82) is 0 Å². The third kappa shape index (κ3) is 4.09. The quantitative estimate of drug-likeness (QED) is 0.508. The van der Waals surface area contributed by atoms with E-state index in [1.165, 1.54) is 12.1 Å². The molecule has 1 aromatic heterocycles. The molecule has 2 aliphatic rings. The van der Waals surface area contributed by atoms with Gasteiger partial charge >= 0.3 is 6.03 Å². The van der Waals surface area contributed by atoms with Crippen molar-refractivity contribution in [2.24, 2.45) is 5.41 Å². The predicted octanol–water partition coefficient (Wildman–Crippen LogP) is 5.94. The second-order valence-electron chi connectivity index (χ2n) is 9.54. The molecule has 2 N–H and O–H groups in total. The van der Waals surface area contributed by atoms with E-state index in [1.807, 2.05) is 24.3 Å². The molecule has 0 saturated heterocycles. The Kier molecular flexibility index (Phi) is 5.48. The summed E-state index contributed by atoms with van der Waals surface area (Å²) in [6, 6.07) is 15.9. The van der Waals surface area contributed by atoms with Crippen molar-refractivity contribution in [2.45, 2.75) is 39.3 Å². The number of hydrogen-bond acceptors (Lipinski definition) is 4. The van der Waals surface area contributed by atoms with Crippen molar-refractivity contribution in [2.75, 3.05) is 10.2 Å². The number of Topliss-reactive ketones (excluding diaryl/α,β-unsaturated/α-hetero) is 1. The van der Waals surface area contributed by atoms with Crippen LogP contribution >= 0.6 is 0 Å². The Morgan fingerprint density at radius 1 is 1.12 bits per heavy atom. The number of ketones is 1. The lowest BCUT2D eigenvalue weighted by molar-refractivity contribution is -0.118. The zero-order valence-corrected chi connectivity index (χ0v) is 19.1. The van der Waals surface area contributed by atoms with Crippen LogP contribution in [0.25, 0.3) is 0 Å². The van der Waals surface area contributed by atoms with Gasteiger partial charge in [-0.15, -0.1) is 0 Å². The number of nitrogens with zero attached hydrogens (tertiary/aromatic N) is 1. The van der Waals surface area contributed by atoms with Gasteiger partial charge in [-0.2, -0.15) is 0 Å². The van der Waals surface area contributed by atoms with Crippen LogP contribution in [0.4, 0.5) is 20.6 Å². The van der Waals surface area contributed by atoms with E-state index in [-0.39, 0.29) is 29.6 Å². The normalized spacial score (nSPS) is 19.1. The number of carbonyl (C=O) groups is 2. The van der Waals surface area contributed by atoms with E-state index in [2.05, 4.69) is 24.5 Å². The maximum atomic E-state index is 13.8. The highest BCUT2D eigenvalue weighted by molar-refractivity contribution is 6.06. The maximum Gasteiger partial charge on any atom is 0.323 e. The summed E-state index contributed by atoms with van der Waals surface area (Å²) in [4.78, 5) is 28.9. The number of para-hydroxylation sites is 2. The molecule has 1 atom stereocenters. The van der Waals surface area contributed by atoms with Crippen molar-refractivity contribution in [3.05, 3.63) is 95.3 Å².